The Balaban J connectivity index is 1.84. The number of hydrazone groups is 1. The number of anilines is 1. The number of rotatable bonds is 6. The van der Waals surface area contributed by atoms with Crippen molar-refractivity contribution in [3.05, 3.63) is 55.0 Å². The Labute approximate surface area is 189 Å². The van der Waals surface area contributed by atoms with Gasteiger partial charge in [-0.15, -0.1) is 0 Å². The van der Waals surface area contributed by atoms with Gasteiger partial charge in [-0.05, 0) is 61.7 Å². The summed E-state index contributed by atoms with van der Waals surface area (Å²) < 4.78 is 32.7. The van der Waals surface area contributed by atoms with Crippen LogP contribution in [0.5, 0.6) is 5.75 Å². The molecular weight excluding hydrogens is 548 g/mol. The molecule has 2 N–H and O–H groups in total. The van der Waals surface area contributed by atoms with E-state index in [1.165, 1.54) is 22.7 Å². The van der Waals surface area contributed by atoms with Crippen LogP contribution in [-0.2, 0) is 14.8 Å². The molecule has 13 heteroatoms. The maximum atomic E-state index is 12.7. The molecule has 0 aromatic heterocycles. The smallest absolute Gasteiger partial charge is 0.295 e. The van der Waals surface area contributed by atoms with Crippen LogP contribution in [-0.4, -0.2) is 55.3 Å². The number of phenols is 1. The van der Waals surface area contributed by atoms with Gasteiger partial charge in [0.1, 0.15) is 11.4 Å². The summed E-state index contributed by atoms with van der Waals surface area (Å²) in [5.74, 6) is 0.0350. The van der Waals surface area contributed by atoms with Crippen LogP contribution < -0.4 is 5.43 Å². The zero-order valence-electron chi connectivity index (χ0n) is 15.3. The topological polar surface area (TPSA) is 134 Å². The molecule has 160 valence electrons. The van der Waals surface area contributed by atoms with Crippen molar-refractivity contribution in [2.45, 2.75) is 4.90 Å². The number of hydrogen-bond donors (Lipinski definition) is 2. The highest BCUT2D eigenvalue weighted by molar-refractivity contribution is 9.11. The Morgan fingerprint density at radius 3 is 2.43 bits per heavy atom. The highest BCUT2D eigenvalue weighted by atomic mass is 79.9. The number of nitrogens with one attached hydrogen (secondary N) is 1. The van der Waals surface area contributed by atoms with Gasteiger partial charge < -0.3 is 9.84 Å². The van der Waals surface area contributed by atoms with Crippen LogP contribution >= 0.6 is 31.9 Å². The predicted molar refractivity (Wildman–Crippen MR) is 117 cm³/mol. The number of halogens is 2. The molecule has 0 atom stereocenters. The first kappa shape index (κ1) is 22.6. The third-order valence-corrected chi connectivity index (χ3v) is 7.32. The molecule has 1 aliphatic heterocycles. The van der Waals surface area contributed by atoms with Gasteiger partial charge in [0.05, 0.1) is 38.2 Å². The van der Waals surface area contributed by atoms with E-state index in [1.54, 1.807) is 12.1 Å². The van der Waals surface area contributed by atoms with Crippen LogP contribution in [0, 0.1) is 10.1 Å². The number of ether oxygens (including phenoxy) is 1. The fourth-order valence-electron chi connectivity index (χ4n) is 2.69. The molecular formula is C17H16Br2N4O6S. The van der Waals surface area contributed by atoms with E-state index in [9.17, 15) is 23.6 Å². The highest BCUT2D eigenvalue weighted by Crippen LogP contribution is 2.33. The average molecular weight is 564 g/mol. The molecule has 1 aliphatic rings. The van der Waals surface area contributed by atoms with Crippen molar-refractivity contribution in [2.24, 2.45) is 5.10 Å². The van der Waals surface area contributed by atoms with E-state index in [-0.39, 0.29) is 42.6 Å². The van der Waals surface area contributed by atoms with Crippen LogP contribution in [0.1, 0.15) is 5.56 Å². The Morgan fingerprint density at radius 1 is 1.20 bits per heavy atom. The molecule has 0 aliphatic carbocycles. The first-order chi connectivity index (χ1) is 14.2. The van der Waals surface area contributed by atoms with E-state index in [0.29, 0.717) is 14.5 Å². The first-order valence-electron chi connectivity index (χ1n) is 8.53. The van der Waals surface area contributed by atoms with E-state index in [2.05, 4.69) is 42.4 Å². The lowest BCUT2D eigenvalue weighted by molar-refractivity contribution is -0.384. The van der Waals surface area contributed by atoms with Crippen LogP contribution in [0.4, 0.5) is 11.4 Å². The number of benzene rings is 2. The summed E-state index contributed by atoms with van der Waals surface area (Å²) in [4.78, 5) is 10.6. The van der Waals surface area contributed by atoms with E-state index in [1.807, 2.05) is 0 Å². The number of hydrogen-bond acceptors (Lipinski definition) is 8. The zero-order valence-corrected chi connectivity index (χ0v) is 19.3. The summed E-state index contributed by atoms with van der Waals surface area (Å²) in [5, 5.41) is 25.2. The average Bonchev–Trinajstić information content (AvgIpc) is 2.72. The quantitative estimate of drug-likeness (QED) is 0.313. The molecule has 0 amide bonds. The van der Waals surface area contributed by atoms with Gasteiger partial charge in [0, 0.05) is 19.2 Å². The van der Waals surface area contributed by atoms with Gasteiger partial charge in [-0.25, -0.2) is 8.42 Å². The van der Waals surface area contributed by atoms with Gasteiger partial charge in [0.2, 0.25) is 10.0 Å². The molecule has 10 nitrogen and oxygen atoms in total. The molecule has 1 heterocycles. The number of phenolic OH excluding ortho intramolecular Hbond substituents is 1. The van der Waals surface area contributed by atoms with Gasteiger partial charge in [-0.3, -0.25) is 15.5 Å². The lowest BCUT2D eigenvalue weighted by Gasteiger charge is -2.26. The van der Waals surface area contributed by atoms with E-state index in [0.717, 1.165) is 6.07 Å². The Hall–Kier alpha value is -2.06. The van der Waals surface area contributed by atoms with Crippen LogP contribution in [0.15, 0.2) is 49.3 Å². The standard InChI is InChI=1S/C17H16Br2N4O6S/c18-13-7-11(8-14(19)17(13)24)10-20-21-15-2-1-12(9-16(15)23(25)26)30(27,28)22-3-5-29-6-4-22/h1-2,7-10,21,24H,3-6H2. The molecule has 0 unspecified atom stereocenters. The number of nitro groups is 1. The molecule has 2 aromatic carbocycles. The normalized spacial score (nSPS) is 15.4. The van der Waals surface area contributed by atoms with Crippen molar-refractivity contribution in [1.29, 1.82) is 0 Å². The fourth-order valence-corrected chi connectivity index (χ4v) is 5.34. The Bertz CT molecular complexity index is 1080. The van der Waals surface area contributed by atoms with E-state index >= 15 is 0 Å². The number of nitrogens with zero attached hydrogens (tertiary/aromatic N) is 3. The first-order valence-corrected chi connectivity index (χ1v) is 11.6. The maximum Gasteiger partial charge on any atom is 0.295 e. The summed E-state index contributed by atoms with van der Waals surface area (Å²) in [6, 6.07) is 6.82. The molecule has 3 rings (SSSR count). The minimum absolute atomic E-state index is 0.0350. The van der Waals surface area contributed by atoms with Crippen molar-refractivity contribution in [2.75, 3.05) is 31.7 Å². The predicted octanol–water partition coefficient (Wildman–Crippen LogP) is 3.29. The summed E-state index contributed by atoms with van der Waals surface area (Å²) in [6.45, 7) is 0.939. The fraction of sp³-hybridized carbons (Fsp3) is 0.235. The van der Waals surface area contributed by atoms with Crippen molar-refractivity contribution in [3.63, 3.8) is 0 Å². The number of morpholine rings is 1. The van der Waals surface area contributed by atoms with Crippen molar-refractivity contribution >= 4 is 59.5 Å². The van der Waals surface area contributed by atoms with Crippen LogP contribution in [0.2, 0.25) is 0 Å². The molecule has 30 heavy (non-hydrogen) atoms. The Morgan fingerprint density at radius 2 is 1.83 bits per heavy atom. The summed E-state index contributed by atoms with van der Waals surface area (Å²) in [7, 11) is -3.86. The van der Waals surface area contributed by atoms with Crippen LogP contribution in [0.3, 0.4) is 0 Å². The molecule has 0 spiro atoms. The Kier molecular flexibility index (Phi) is 7.08. The molecule has 1 saturated heterocycles. The van der Waals surface area contributed by atoms with Crippen molar-refractivity contribution in [1.82, 2.24) is 4.31 Å². The minimum atomic E-state index is -3.86. The largest absolute Gasteiger partial charge is 0.506 e. The molecule has 1 fully saturated rings. The van der Waals surface area contributed by atoms with E-state index in [4.69, 9.17) is 4.74 Å². The van der Waals surface area contributed by atoms with Gasteiger partial charge >= 0.3 is 0 Å². The lowest BCUT2D eigenvalue weighted by Crippen LogP contribution is -2.40. The number of aromatic hydroxyl groups is 1. The minimum Gasteiger partial charge on any atom is -0.506 e. The number of sulfonamides is 1. The van der Waals surface area contributed by atoms with E-state index < -0.39 is 20.6 Å². The SMILES string of the molecule is O=[N+]([O-])c1cc(S(=O)(=O)N2CCOCC2)ccc1NN=Cc1cc(Br)c(O)c(Br)c1. The third-order valence-electron chi connectivity index (χ3n) is 4.21. The highest BCUT2D eigenvalue weighted by Gasteiger charge is 2.28. The molecule has 2 aromatic rings. The number of nitro benzene ring substituents is 1. The van der Waals surface area contributed by atoms with Crippen molar-refractivity contribution < 1.29 is 23.2 Å². The van der Waals surface area contributed by atoms with Gasteiger partial charge in [-0.2, -0.15) is 9.41 Å². The van der Waals surface area contributed by atoms with Crippen molar-refractivity contribution in [3.8, 4) is 5.75 Å². The second-order valence-electron chi connectivity index (χ2n) is 6.16. The second-order valence-corrected chi connectivity index (χ2v) is 9.80. The summed E-state index contributed by atoms with van der Waals surface area (Å²) >= 11 is 6.41. The van der Waals surface area contributed by atoms with Gasteiger partial charge in [-0.1, -0.05) is 0 Å². The molecule has 0 saturated carbocycles. The van der Waals surface area contributed by atoms with Gasteiger partial charge in [0.25, 0.3) is 5.69 Å². The van der Waals surface area contributed by atoms with Crippen LogP contribution in [0.25, 0.3) is 0 Å². The lowest BCUT2D eigenvalue weighted by atomic mass is 10.2. The van der Waals surface area contributed by atoms with Gasteiger partial charge in [0.15, 0.2) is 0 Å². The molecule has 0 radical (unpaired) electrons. The monoisotopic (exact) mass is 562 g/mol. The third kappa shape index (κ3) is 4.98. The molecule has 0 bridgehead atoms. The maximum absolute atomic E-state index is 12.7. The second kappa shape index (κ2) is 9.39. The zero-order chi connectivity index (χ0) is 21.9. The summed E-state index contributed by atoms with van der Waals surface area (Å²) in [5.41, 5.74) is 2.78. The summed E-state index contributed by atoms with van der Waals surface area (Å²) in [6.07, 6.45) is 1.40.